The molecule has 1 fully saturated rings. The van der Waals surface area contributed by atoms with Gasteiger partial charge in [0, 0.05) is 13.1 Å². The monoisotopic (exact) mass is 289 g/mol. The Morgan fingerprint density at radius 3 is 2.62 bits per heavy atom. The van der Waals surface area contributed by atoms with Crippen LogP contribution in [0.15, 0.2) is 29.3 Å². The molecule has 1 aromatic carbocycles. The normalized spacial score (nSPS) is 15.9. The molecule has 1 aromatic rings. The molecule has 0 unspecified atom stereocenters. The fraction of sp³-hybridized carbons (Fsp3) is 0.588. The summed E-state index contributed by atoms with van der Waals surface area (Å²) < 4.78 is 5.89. The maximum atomic E-state index is 5.96. The minimum atomic E-state index is 0.0745. The van der Waals surface area contributed by atoms with E-state index in [1.54, 1.807) is 0 Å². The molecule has 2 rings (SSSR count). The van der Waals surface area contributed by atoms with Crippen molar-refractivity contribution < 1.29 is 4.74 Å². The Labute approximate surface area is 128 Å². The number of guanidine groups is 1. The lowest BCUT2D eigenvalue weighted by molar-refractivity contribution is 0.318. The lowest BCUT2D eigenvalue weighted by Crippen LogP contribution is -2.36. The van der Waals surface area contributed by atoms with E-state index in [4.69, 9.17) is 10.5 Å². The molecule has 0 saturated heterocycles. The van der Waals surface area contributed by atoms with Crippen molar-refractivity contribution in [3.8, 4) is 5.75 Å². The third-order valence-electron chi connectivity index (χ3n) is 3.77. The highest BCUT2D eigenvalue weighted by molar-refractivity contribution is 5.78. The molecule has 1 aliphatic rings. The van der Waals surface area contributed by atoms with Crippen molar-refractivity contribution in [2.24, 2.45) is 10.7 Å². The van der Waals surface area contributed by atoms with Crippen LogP contribution in [0.4, 0.5) is 0 Å². The van der Waals surface area contributed by atoms with Crippen molar-refractivity contribution in [2.45, 2.75) is 45.1 Å². The number of nitrogens with two attached hydrogens (primary N) is 1. The van der Waals surface area contributed by atoms with Gasteiger partial charge >= 0.3 is 0 Å². The zero-order valence-electron chi connectivity index (χ0n) is 13.6. The Hall–Kier alpha value is -1.71. The quantitative estimate of drug-likeness (QED) is 0.515. The minimum absolute atomic E-state index is 0.0745. The largest absolute Gasteiger partial charge is 0.491 e. The van der Waals surface area contributed by atoms with Gasteiger partial charge in [-0.1, -0.05) is 39.0 Å². The summed E-state index contributed by atoms with van der Waals surface area (Å²) in [5.41, 5.74) is 7.25. The van der Waals surface area contributed by atoms with Gasteiger partial charge in [0.15, 0.2) is 5.96 Å². The molecule has 1 aliphatic carbocycles. The summed E-state index contributed by atoms with van der Waals surface area (Å²) in [6.07, 6.45) is 2.45. The van der Waals surface area contributed by atoms with E-state index in [-0.39, 0.29) is 5.41 Å². The van der Waals surface area contributed by atoms with Gasteiger partial charge < -0.3 is 15.4 Å². The highest BCUT2D eigenvalue weighted by atomic mass is 16.5. The average molecular weight is 289 g/mol. The summed E-state index contributed by atoms with van der Waals surface area (Å²) >= 11 is 0. The molecule has 0 aliphatic heterocycles. The van der Waals surface area contributed by atoms with Crippen LogP contribution in [0.3, 0.4) is 0 Å². The Bertz CT molecular complexity index is 501. The lowest BCUT2D eigenvalue weighted by Gasteiger charge is -2.22. The molecule has 2 N–H and O–H groups in total. The van der Waals surface area contributed by atoms with Gasteiger partial charge in [0.1, 0.15) is 12.4 Å². The van der Waals surface area contributed by atoms with Crippen molar-refractivity contribution >= 4 is 5.96 Å². The van der Waals surface area contributed by atoms with Crippen molar-refractivity contribution in [1.29, 1.82) is 0 Å². The highest BCUT2D eigenvalue weighted by Gasteiger charge is 2.27. The van der Waals surface area contributed by atoms with Gasteiger partial charge in [0.2, 0.25) is 0 Å². The second-order valence-corrected chi connectivity index (χ2v) is 6.68. The zero-order chi connectivity index (χ0) is 15.5. The Morgan fingerprint density at radius 2 is 2.00 bits per heavy atom. The van der Waals surface area contributed by atoms with E-state index < -0.39 is 0 Å². The van der Waals surface area contributed by atoms with Crippen LogP contribution in [-0.2, 0) is 5.41 Å². The third kappa shape index (κ3) is 4.38. The first kappa shape index (κ1) is 15.7. The number of aliphatic imine (C=N–C) groups is 1. The van der Waals surface area contributed by atoms with Crippen molar-refractivity contribution in [3.63, 3.8) is 0 Å². The van der Waals surface area contributed by atoms with Crippen LogP contribution in [0.1, 0.15) is 39.2 Å². The Balaban J connectivity index is 1.87. The molecule has 0 amide bonds. The molecular weight excluding hydrogens is 262 g/mol. The predicted molar refractivity (Wildman–Crippen MR) is 87.9 cm³/mol. The third-order valence-corrected chi connectivity index (χ3v) is 3.77. The van der Waals surface area contributed by atoms with E-state index in [0.717, 1.165) is 5.75 Å². The molecular formula is C17H27N3O. The number of hydrogen-bond donors (Lipinski definition) is 1. The van der Waals surface area contributed by atoms with E-state index in [2.05, 4.69) is 36.7 Å². The lowest BCUT2D eigenvalue weighted by atomic mass is 9.86. The maximum absolute atomic E-state index is 5.96. The molecule has 4 heteroatoms. The predicted octanol–water partition coefficient (Wildman–Crippen LogP) is 2.77. The van der Waals surface area contributed by atoms with Gasteiger partial charge in [-0.2, -0.15) is 0 Å². The Kier molecular flexibility index (Phi) is 4.76. The first-order valence-corrected chi connectivity index (χ1v) is 7.64. The van der Waals surface area contributed by atoms with Crippen molar-refractivity contribution in [3.05, 3.63) is 29.8 Å². The van der Waals surface area contributed by atoms with E-state index in [1.807, 2.05) is 25.2 Å². The number of para-hydroxylation sites is 1. The molecule has 1 saturated carbocycles. The zero-order valence-corrected chi connectivity index (χ0v) is 13.6. The van der Waals surface area contributed by atoms with Gasteiger partial charge in [0.25, 0.3) is 0 Å². The number of hydrogen-bond acceptors (Lipinski definition) is 2. The molecule has 0 spiro atoms. The first-order valence-electron chi connectivity index (χ1n) is 7.64. The van der Waals surface area contributed by atoms with Crippen LogP contribution in [0.2, 0.25) is 0 Å². The molecule has 0 heterocycles. The summed E-state index contributed by atoms with van der Waals surface area (Å²) in [5, 5.41) is 0. The van der Waals surface area contributed by atoms with Crippen molar-refractivity contribution in [2.75, 3.05) is 20.2 Å². The van der Waals surface area contributed by atoms with Gasteiger partial charge in [-0.15, -0.1) is 0 Å². The van der Waals surface area contributed by atoms with Crippen LogP contribution < -0.4 is 10.5 Å². The summed E-state index contributed by atoms with van der Waals surface area (Å²) in [4.78, 5) is 6.45. The molecule has 21 heavy (non-hydrogen) atoms. The van der Waals surface area contributed by atoms with Crippen molar-refractivity contribution in [1.82, 2.24) is 4.90 Å². The van der Waals surface area contributed by atoms with Crippen LogP contribution >= 0.6 is 0 Å². The van der Waals surface area contributed by atoms with E-state index in [1.165, 1.54) is 18.4 Å². The summed E-state index contributed by atoms with van der Waals surface area (Å²) in [7, 11) is 2.01. The summed E-state index contributed by atoms with van der Waals surface area (Å²) in [6, 6.07) is 8.78. The molecule has 4 nitrogen and oxygen atoms in total. The van der Waals surface area contributed by atoms with Gasteiger partial charge in [0.05, 0.1) is 6.54 Å². The standard InChI is InChI=1S/C17H27N3O/c1-17(2,3)14-7-5-6-8-15(14)21-12-11-19-16(18)20(4)13-9-10-13/h5-8,13H,9-12H2,1-4H3,(H2,18,19). The van der Waals surface area contributed by atoms with Gasteiger partial charge in [-0.25, -0.2) is 4.99 Å². The van der Waals surface area contributed by atoms with Crippen LogP contribution in [0.5, 0.6) is 5.75 Å². The maximum Gasteiger partial charge on any atom is 0.191 e. The summed E-state index contributed by atoms with van der Waals surface area (Å²) in [6.45, 7) is 7.70. The van der Waals surface area contributed by atoms with Crippen LogP contribution in [-0.4, -0.2) is 37.1 Å². The van der Waals surface area contributed by atoms with E-state index in [9.17, 15) is 0 Å². The highest BCUT2D eigenvalue weighted by Crippen LogP contribution is 2.30. The fourth-order valence-corrected chi connectivity index (χ4v) is 2.29. The van der Waals surface area contributed by atoms with E-state index in [0.29, 0.717) is 25.2 Å². The SMILES string of the molecule is CN(C(N)=NCCOc1ccccc1C(C)(C)C)C1CC1. The number of ether oxygens (including phenoxy) is 1. The smallest absolute Gasteiger partial charge is 0.191 e. The van der Waals surface area contributed by atoms with Crippen LogP contribution in [0.25, 0.3) is 0 Å². The number of nitrogens with zero attached hydrogens (tertiary/aromatic N) is 2. The number of rotatable bonds is 5. The summed E-state index contributed by atoms with van der Waals surface area (Å²) in [5.74, 6) is 1.56. The molecule has 0 bridgehead atoms. The first-order chi connectivity index (χ1) is 9.89. The molecule has 0 atom stereocenters. The topological polar surface area (TPSA) is 50.8 Å². The second kappa shape index (κ2) is 6.37. The van der Waals surface area contributed by atoms with Gasteiger partial charge in [-0.05, 0) is 29.9 Å². The molecule has 0 aromatic heterocycles. The Morgan fingerprint density at radius 1 is 1.33 bits per heavy atom. The molecule has 116 valence electrons. The molecule has 0 radical (unpaired) electrons. The number of benzene rings is 1. The van der Waals surface area contributed by atoms with Gasteiger partial charge in [-0.3, -0.25) is 0 Å². The van der Waals surface area contributed by atoms with Crippen LogP contribution in [0, 0.1) is 0 Å². The fourth-order valence-electron chi connectivity index (χ4n) is 2.29. The average Bonchev–Trinajstić information content (AvgIpc) is 3.26. The van der Waals surface area contributed by atoms with E-state index >= 15 is 0 Å². The second-order valence-electron chi connectivity index (χ2n) is 6.68. The minimum Gasteiger partial charge on any atom is -0.491 e.